The highest BCUT2D eigenvalue weighted by Crippen LogP contribution is 2.37. The quantitative estimate of drug-likeness (QED) is 0.789. The molecule has 2 aliphatic rings. The summed E-state index contributed by atoms with van der Waals surface area (Å²) >= 11 is 0. The minimum Gasteiger partial charge on any atom is -0.481 e. The Labute approximate surface area is 123 Å². The first kappa shape index (κ1) is 13.9. The lowest BCUT2D eigenvalue weighted by molar-refractivity contribution is -0.148. The third-order valence-electron chi connectivity index (χ3n) is 4.70. The van der Waals surface area contributed by atoms with Gasteiger partial charge in [-0.15, -0.1) is 0 Å². The van der Waals surface area contributed by atoms with Crippen molar-refractivity contribution in [2.75, 3.05) is 11.9 Å². The van der Waals surface area contributed by atoms with Gasteiger partial charge in [0.25, 0.3) is 0 Å². The molecule has 5 nitrogen and oxygen atoms in total. The summed E-state index contributed by atoms with van der Waals surface area (Å²) in [6, 6.07) is 7.56. The van der Waals surface area contributed by atoms with Crippen LogP contribution in [-0.2, 0) is 16.0 Å². The van der Waals surface area contributed by atoms with Gasteiger partial charge in [-0.1, -0.05) is 31.0 Å². The maximum absolute atomic E-state index is 12.3. The van der Waals surface area contributed by atoms with Crippen LogP contribution in [0.5, 0.6) is 0 Å². The summed E-state index contributed by atoms with van der Waals surface area (Å²) in [6.07, 6.45) is 3.81. The van der Waals surface area contributed by atoms with Crippen LogP contribution in [0.2, 0.25) is 0 Å². The Balaban J connectivity index is 1.59. The lowest BCUT2D eigenvalue weighted by Crippen LogP contribution is -2.46. The summed E-state index contributed by atoms with van der Waals surface area (Å²) in [7, 11) is 0. The van der Waals surface area contributed by atoms with Crippen molar-refractivity contribution < 1.29 is 14.7 Å². The maximum atomic E-state index is 12.3. The van der Waals surface area contributed by atoms with Gasteiger partial charge < -0.3 is 15.7 Å². The third kappa shape index (κ3) is 2.60. The van der Waals surface area contributed by atoms with Crippen LogP contribution in [-0.4, -0.2) is 29.6 Å². The summed E-state index contributed by atoms with van der Waals surface area (Å²) in [5.41, 5.74) is 1.36. The van der Waals surface area contributed by atoms with Crippen LogP contribution in [0, 0.1) is 5.41 Å². The second kappa shape index (κ2) is 5.39. The molecule has 0 bridgehead atoms. The Morgan fingerprint density at radius 2 is 2.00 bits per heavy atom. The van der Waals surface area contributed by atoms with E-state index in [-0.39, 0.29) is 18.5 Å². The Hall–Kier alpha value is -2.04. The summed E-state index contributed by atoms with van der Waals surface area (Å²) in [4.78, 5) is 23.7. The molecule has 1 aromatic rings. The normalized spacial score (nSPS) is 22.4. The number of aliphatic carboxylic acids is 1. The van der Waals surface area contributed by atoms with Gasteiger partial charge in [0.1, 0.15) is 6.04 Å². The van der Waals surface area contributed by atoms with Crippen molar-refractivity contribution in [2.24, 2.45) is 5.41 Å². The van der Waals surface area contributed by atoms with Crippen LogP contribution in [0.4, 0.5) is 5.69 Å². The molecule has 1 atom stereocenters. The number of anilines is 1. The molecule has 1 saturated carbocycles. The van der Waals surface area contributed by atoms with Crippen LogP contribution in [0.25, 0.3) is 0 Å². The van der Waals surface area contributed by atoms with Gasteiger partial charge in [-0.25, -0.2) is 0 Å². The van der Waals surface area contributed by atoms with Gasteiger partial charge >= 0.3 is 5.97 Å². The number of amides is 1. The van der Waals surface area contributed by atoms with E-state index in [0.717, 1.165) is 24.1 Å². The number of hydrogen-bond donors (Lipinski definition) is 3. The van der Waals surface area contributed by atoms with Crippen molar-refractivity contribution in [3.63, 3.8) is 0 Å². The van der Waals surface area contributed by atoms with Crippen molar-refractivity contribution >= 4 is 17.6 Å². The van der Waals surface area contributed by atoms with Crippen molar-refractivity contribution in [3.05, 3.63) is 29.8 Å². The van der Waals surface area contributed by atoms with Gasteiger partial charge in [-0.2, -0.15) is 0 Å². The molecule has 1 fully saturated rings. The predicted octanol–water partition coefficient (Wildman–Crippen LogP) is 1.78. The molecule has 1 unspecified atom stereocenters. The number of carboxylic acids is 1. The van der Waals surface area contributed by atoms with Crippen LogP contribution < -0.4 is 10.6 Å². The van der Waals surface area contributed by atoms with Crippen molar-refractivity contribution in [1.29, 1.82) is 0 Å². The summed E-state index contributed by atoms with van der Waals surface area (Å²) < 4.78 is 0. The highest BCUT2D eigenvalue weighted by atomic mass is 16.4. The zero-order valence-electron chi connectivity index (χ0n) is 11.9. The van der Waals surface area contributed by atoms with E-state index in [1.54, 1.807) is 0 Å². The zero-order valence-corrected chi connectivity index (χ0v) is 11.9. The molecule has 21 heavy (non-hydrogen) atoms. The smallest absolute Gasteiger partial charge is 0.311 e. The molecule has 1 amide bonds. The minimum absolute atomic E-state index is 0.112. The fraction of sp³-hybridized carbons (Fsp3) is 0.500. The number of hydrogen-bond acceptors (Lipinski definition) is 3. The van der Waals surface area contributed by atoms with Crippen LogP contribution in [0.3, 0.4) is 0 Å². The number of nitrogens with one attached hydrogen (secondary N) is 2. The standard InChI is InChI=1S/C16H20N2O3/c19-14(13-9-11-5-1-2-6-12(11)18-13)17-10-16(15(20)21)7-3-4-8-16/h1-2,5-6,13,18H,3-4,7-10H2,(H,17,19)(H,20,21). The molecular formula is C16H20N2O3. The monoisotopic (exact) mass is 288 g/mol. The molecule has 1 aliphatic carbocycles. The molecule has 1 heterocycles. The molecule has 1 aromatic carbocycles. The number of rotatable bonds is 4. The molecule has 0 aromatic heterocycles. The largest absolute Gasteiger partial charge is 0.481 e. The SMILES string of the molecule is O=C(NCC1(C(=O)O)CCCC1)C1Cc2ccccc2N1. The third-order valence-corrected chi connectivity index (χ3v) is 4.70. The summed E-state index contributed by atoms with van der Waals surface area (Å²) in [5.74, 6) is -0.901. The molecule has 0 spiro atoms. The van der Waals surface area contributed by atoms with Crippen molar-refractivity contribution in [1.82, 2.24) is 5.32 Å². The minimum atomic E-state index is -0.789. The molecule has 3 N–H and O–H groups in total. The van der Waals surface area contributed by atoms with Crippen molar-refractivity contribution in [3.8, 4) is 0 Å². The lowest BCUT2D eigenvalue weighted by atomic mass is 9.86. The van der Waals surface area contributed by atoms with Gasteiger partial charge in [0.15, 0.2) is 0 Å². The number of benzene rings is 1. The first-order chi connectivity index (χ1) is 10.1. The first-order valence-electron chi connectivity index (χ1n) is 7.46. The van der Waals surface area contributed by atoms with E-state index >= 15 is 0 Å². The summed E-state index contributed by atoms with van der Waals surface area (Å²) in [5, 5.41) is 15.5. The molecule has 5 heteroatoms. The number of carbonyl (C=O) groups is 2. The van der Waals surface area contributed by atoms with Crippen molar-refractivity contribution in [2.45, 2.75) is 38.1 Å². The average Bonchev–Trinajstić information content (AvgIpc) is 3.12. The number of para-hydroxylation sites is 1. The van der Waals surface area contributed by atoms with Crippen LogP contribution in [0.1, 0.15) is 31.2 Å². The van der Waals surface area contributed by atoms with E-state index in [2.05, 4.69) is 10.6 Å². The second-order valence-electron chi connectivity index (χ2n) is 6.07. The zero-order chi connectivity index (χ0) is 14.9. The van der Waals surface area contributed by atoms with E-state index in [1.807, 2.05) is 24.3 Å². The van der Waals surface area contributed by atoms with Crippen LogP contribution in [0.15, 0.2) is 24.3 Å². The highest BCUT2D eigenvalue weighted by Gasteiger charge is 2.42. The molecule has 1 aliphatic heterocycles. The lowest BCUT2D eigenvalue weighted by Gasteiger charge is -2.25. The van der Waals surface area contributed by atoms with Gasteiger partial charge in [-0.05, 0) is 24.5 Å². The van der Waals surface area contributed by atoms with Gasteiger partial charge in [0.2, 0.25) is 5.91 Å². The van der Waals surface area contributed by atoms with E-state index in [9.17, 15) is 14.7 Å². The number of carboxylic acid groups (broad SMARTS) is 1. The van der Waals surface area contributed by atoms with Gasteiger partial charge in [0.05, 0.1) is 5.41 Å². The Bertz CT molecular complexity index is 539. The highest BCUT2D eigenvalue weighted by molar-refractivity contribution is 5.88. The number of fused-ring (bicyclic) bond motifs is 1. The van der Waals surface area contributed by atoms with Gasteiger partial charge in [-0.3, -0.25) is 9.59 Å². The molecule has 112 valence electrons. The Morgan fingerprint density at radius 1 is 1.29 bits per heavy atom. The fourth-order valence-corrected chi connectivity index (χ4v) is 3.35. The molecule has 0 saturated heterocycles. The Morgan fingerprint density at radius 3 is 2.67 bits per heavy atom. The first-order valence-corrected chi connectivity index (χ1v) is 7.46. The topological polar surface area (TPSA) is 78.4 Å². The Kier molecular flexibility index (Phi) is 3.57. The van der Waals surface area contributed by atoms with E-state index < -0.39 is 11.4 Å². The molecule has 0 radical (unpaired) electrons. The number of carbonyl (C=O) groups excluding carboxylic acids is 1. The van der Waals surface area contributed by atoms with E-state index in [1.165, 1.54) is 0 Å². The average molecular weight is 288 g/mol. The van der Waals surface area contributed by atoms with E-state index in [0.29, 0.717) is 19.3 Å². The predicted molar refractivity (Wildman–Crippen MR) is 79.1 cm³/mol. The maximum Gasteiger partial charge on any atom is 0.311 e. The van der Waals surface area contributed by atoms with Gasteiger partial charge in [0, 0.05) is 18.7 Å². The van der Waals surface area contributed by atoms with Crippen LogP contribution >= 0.6 is 0 Å². The summed E-state index contributed by atoms with van der Waals surface area (Å²) in [6.45, 7) is 0.232. The van der Waals surface area contributed by atoms with E-state index in [4.69, 9.17) is 0 Å². The second-order valence-corrected chi connectivity index (χ2v) is 6.07. The molecular weight excluding hydrogens is 268 g/mol. The molecule has 3 rings (SSSR count). The fourth-order valence-electron chi connectivity index (χ4n) is 3.35.